The second-order valence-electron chi connectivity index (χ2n) is 9.52. The molecule has 3 aromatic rings. The lowest BCUT2D eigenvalue weighted by Crippen LogP contribution is -2.53. The maximum absolute atomic E-state index is 13.5. The number of hydrogen-bond donors (Lipinski definition) is 2. The number of nitrogens with one attached hydrogen (secondary N) is 2. The normalized spacial score (nSPS) is 17.9. The summed E-state index contributed by atoms with van der Waals surface area (Å²) in [5.74, 6) is 0.866. The fourth-order valence-corrected chi connectivity index (χ4v) is 5.01. The molecule has 12 heteroatoms. The largest absolute Gasteiger partial charge is 0.447 e. The van der Waals surface area contributed by atoms with Crippen LogP contribution in [-0.4, -0.2) is 80.5 Å². The number of aromatic nitrogens is 4. The number of alkyl carbamates (subject to hydrolysis) is 1. The Hall–Kier alpha value is -3.25. The van der Waals surface area contributed by atoms with Gasteiger partial charge in [0.15, 0.2) is 5.82 Å². The first-order chi connectivity index (χ1) is 16.8. The van der Waals surface area contributed by atoms with Crippen LogP contribution in [0.15, 0.2) is 23.8 Å². The van der Waals surface area contributed by atoms with Crippen LogP contribution < -0.4 is 10.6 Å². The predicted molar refractivity (Wildman–Crippen MR) is 131 cm³/mol. The lowest BCUT2D eigenvalue weighted by Gasteiger charge is -2.39. The van der Waals surface area contributed by atoms with Crippen molar-refractivity contribution in [3.63, 3.8) is 0 Å². The van der Waals surface area contributed by atoms with Gasteiger partial charge in [-0.2, -0.15) is 5.10 Å². The Bertz CT molecular complexity index is 1230. The highest BCUT2D eigenvalue weighted by atomic mass is 32.1. The summed E-state index contributed by atoms with van der Waals surface area (Å²) < 4.78 is 12.3. The van der Waals surface area contributed by atoms with Crippen molar-refractivity contribution in [2.24, 2.45) is 0 Å². The van der Waals surface area contributed by atoms with E-state index in [9.17, 15) is 9.59 Å². The molecule has 2 aliphatic heterocycles. The van der Waals surface area contributed by atoms with E-state index in [1.54, 1.807) is 33.0 Å². The number of ether oxygens (including phenoxy) is 2. The third-order valence-electron chi connectivity index (χ3n) is 6.04. The van der Waals surface area contributed by atoms with Crippen LogP contribution in [0.5, 0.6) is 0 Å². The first-order valence-corrected chi connectivity index (χ1v) is 12.6. The second-order valence-corrected chi connectivity index (χ2v) is 10.4. The van der Waals surface area contributed by atoms with Crippen LogP contribution >= 0.6 is 11.3 Å². The first kappa shape index (κ1) is 23.5. The van der Waals surface area contributed by atoms with Crippen molar-refractivity contribution in [2.45, 2.75) is 51.3 Å². The standard InChI is InChI=1S/C23H29N7O4S/c1-14(2)34-22(32)25-15-4-6-29(7-5-15)20(31)17-10-18(28-23(3)12-33-13-23)27-19(26-17)16-11-24-30-8-9-35-21(16)30/h8-11,14-15H,4-7,12-13H2,1-3H3,(H,25,32)(H,26,27,28). The minimum Gasteiger partial charge on any atom is -0.447 e. The summed E-state index contributed by atoms with van der Waals surface area (Å²) in [7, 11) is 0. The van der Waals surface area contributed by atoms with Gasteiger partial charge < -0.3 is 25.0 Å². The number of thiazole rings is 1. The smallest absolute Gasteiger partial charge is 0.407 e. The highest BCUT2D eigenvalue weighted by molar-refractivity contribution is 7.16. The fraction of sp³-hybridized carbons (Fsp3) is 0.522. The molecule has 0 aromatic carbocycles. The molecule has 3 aromatic heterocycles. The quantitative estimate of drug-likeness (QED) is 0.531. The molecule has 0 spiro atoms. The van der Waals surface area contributed by atoms with Gasteiger partial charge in [-0.1, -0.05) is 0 Å². The van der Waals surface area contributed by atoms with E-state index in [0.717, 1.165) is 10.4 Å². The zero-order valence-electron chi connectivity index (χ0n) is 20.0. The van der Waals surface area contributed by atoms with Crippen LogP contribution in [0.1, 0.15) is 44.1 Å². The van der Waals surface area contributed by atoms with Crippen molar-refractivity contribution >= 4 is 34.0 Å². The molecule has 2 N–H and O–H groups in total. The third-order valence-corrected chi connectivity index (χ3v) is 6.92. The summed E-state index contributed by atoms with van der Waals surface area (Å²) in [6.07, 6.45) is 4.30. The van der Waals surface area contributed by atoms with Crippen LogP contribution in [0, 0.1) is 0 Å². The number of nitrogens with zero attached hydrogens (tertiary/aromatic N) is 5. The molecule has 35 heavy (non-hydrogen) atoms. The Labute approximate surface area is 206 Å². The number of likely N-dealkylation sites (tertiary alicyclic amines) is 1. The fourth-order valence-electron chi connectivity index (χ4n) is 4.22. The number of amides is 2. The van der Waals surface area contributed by atoms with Crippen LogP contribution in [0.2, 0.25) is 0 Å². The molecule has 0 radical (unpaired) electrons. The molecule has 5 heterocycles. The number of carbonyl (C=O) groups is 2. The first-order valence-electron chi connectivity index (χ1n) is 11.7. The summed E-state index contributed by atoms with van der Waals surface area (Å²) in [4.78, 5) is 37.4. The van der Waals surface area contributed by atoms with Crippen LogP contribution in [0.4, 0.5) is 10.6 Å². The van der Waals surface area contributed by atoms with Gasteiger partial charge in [0.2, 0.25) is 0 Å². The molecule has 0 saturated carbocycles. The van der Waals surface area contributed by atoms with Gasteiger partial charge in [0, 0.05) is 36.8 Å². The van der Waals surface area contributed by atoms with E-state index < -0.39 is 6.09 Å². The van der Waals surface area contributed by atoms with E-state index in [1.807, 2.05) is 25.4 Å². The highest BCUT2D eigenvalue weighted by Gasteiger charge is 2.34. The number of anilines is 1. The molecule has 2 aliphatic rings. The summed E-state index contributed by atoms with van der Waals surface area (Å²) in [6.45, 7) is 7.85. The zero-order valence-corrected chi connectivity index (χ0v) is 20.8. The van der Waals surface area contributed by atoms with Crippen molar-refractivity contribution in [2.75, 3.05) is 31.6 Å². The van der Waals surface area contributed by atoms with E-state index in [2.05, 4.69) is 27.6 Å². The maximum Gasteiger partial charge on any atom is 0.407 e. The summed E-state index contributed by atoms with van der Waals surface area (Å²) in [5.41, 5.74) is 0.861. The Morgan fingerprint density at radius 1 is 1.26 bits per heavy atom. The van der Waals surface area contributed by atoms with E-state index in [4.69, 9.17) is 14.5 Å². The van der Waals surface area contributed by atoms with Crippen LogP contribution in [0.25, 0.3) is 16.2 Å². The number of rotatable bonds is 6. The number of carbonyl (C=O) groups excluding carboxylic acids is 2. The average Bonchev–Trinajstić information content (AvgIpc) is 3.41. The van der Waals surface area contributed by atoms with Crippen molar-refractivity contribution in [3.8, 4) is 11.4 Å². The van der Waals surface area contributed by atoms with Crippen molar-refractivity contribution in [1.29, 1.82) is 0 Å². The molecular weight excluding hydrogens is 470 g/mol. The zero-order chi connectivity index (χ0) is 24.6. The van der Waals surface area contributed by atoms with Gasteiger partial charge in [-0.15, -0.1) is 11.3 Å². The average molecular weight is 500 g/mol. The summed E-state index contributed by atoms with van der Waals surface area (Å²) in [6, 6.07) is 1.68. The SMILES string of the molecule is CC(C)OC(=O)NC1CCN(C(=O)c2cc(NC3(C)COC3)nc(-c3cnn4ccsc34)n2)CC1. The van der Waals surface area contributed by atoms with E-state index in [-0.39, 0.29) is 23.6 Å². The molecule has 2 saturated heterocycles. The number of hydrogen-bond acceptors (Lipinski definition) is 9. The highest BCUT2D eigenvalue weighted by Crippen LogP contribution is 2.29. The molecule has 0 bridgehead atoms. The van der Waals surface area contributed by atoms with Gasteiger partial charge >= 0.3 is 6.09 Å². The molecule has 5 rings (SSSR count). The molecular formula is C23H29N7O4S. The van der Waals surface area contributed by atoms with Gasteiger partial charge in [0.05, 0.1) is 36.6 Å². The van der Waals surface area contributed by atoms with Gasteiger partial charge in [-0.25, -0.2) is 19.3 Å². The number of piperidine rings is 1. The maximum atomic E-state index is 13.5. The lowest BCUT2D eigenvalue weighted by atomic mass is 10.0. The van der Waals surface area contributed by atoms with Crippen molar-refractivity contribution < 1.29 is 19.1 Å². The minimum absolute atomic E-state index is 0.0263. The molecule has 2 amide bonds. The lowest BCUT2D eigenvalue weighted by molar-refractivity contribution is -0.0320. The summed E-state index contributed by atoms with van der Waals surface area (Å²) in [5, 5.41) is 12.6. The molecule has 0 unspecified atom stereocenters. The second kappa shape index (κ2) is 9.42. The van der Waals surface area contributed by atoms with Crippen molar-refractivity contribution in [1.82, 2.24) is 29.8 Å². The Morgan fingerprint density at radius 2 is 2.03 bits per heavy atom. The van der Waals surface area contributed by atoms with E-state index >= 15 is 0 Å². The van der Waals surface area contributed by atoms with Crippen LogP contribution in [-0.2, 0) is 9.47 Å². The predicted octanol–water partition coefficient (Wildman–Crippen LogP) is 2.79. The monoisotopic (exact) mass is 499 g/mol. The van der Waals surface area contributed by atoms with Gasteiger partial charge in [-0.3, -0.25) is 4.79 Å². The molecule has 0 aliphatic carbocycles. The van der Waals surface area contributed by atoms with E-state index in [0.29, 0.717) is 56.5 Å². The van der Waals surface area contributed by atoms with Gasteiger partial charge in [0.25, 0.3) is 5.91 Å². The topological polar surface area (TPSA) is 123 Å². The van der Waals surface area contributed by atoms with Crippen LogP contribution in [0.3, 0.4) is 0 Å². The van der Waals surface area contributed by atoms with Crippen molar-refractivity contribution in [3.05, 3.63) is 29.5 Å². The van der Waals surface area contributed by atoms with E-state index in [1.165, 1.54) is 0 Å². The molecule has 11 nitrogen and oxygen atoms in total. The molecule has 0 atom stereocenters. The Morgan fingerprint density at radius 3 is 2.71 bits per heavy atom. The Balaban J connectivity index is 1.35. The third kappa shape index (κ3) is 5.08. The van der Waals surface area contributed by atoms with Gasteiger partial charge in [0.1, 0.15) is 16.3 Å². The van der Waals surface area contributed by atoms with Gasteiger partial charge in [-0.05, 0) is 33.6 Å². The number of fused-ring (bicyclic) bond motifs is 1. The summed E-state index contributed by atoms with van der Waals surface area (Å²) >= 11 is 1.54. The molecule has 186 valence electrons. The minimum atomic E-state index is -0.421. The molecule has 2 fully saturated rings. The Kier molecular flexibility index (Phi) is 6.32.